The molecule has 0 unspecified atom stereocenters. The maximum absolute atomic E-state index is 5.68. The van der Waals surface area contributed by atoms with Gasteiger partial charge in [0.25, 0.3) is 0 Å². The predicted octanol–water partition coefficient (Wildman–Crippen LogP) is 1.94. The molecule has 1 aliphatic heterocycles. The van der Waals surface area contributed by atoms with Crippen molar-refractivity contribution in [3.8, 4) is 11.5 Å². The lowest BCUT2D eigenvalue weighted by Gasteiger charge is -2.11. The number of fused-ring (bicyclic) bond motifs is 1. The van der Waals surface area contributed by atoms with Crippen LogP contribution in [0.3, 0.4) is 0 Å². The smallest absolute Gasteiger partial charge is 0.161 e. The third-order valence-corrected chi connectivity index (χ3v) is 3.00. The van der Waals surface area contributed by atoms with E-state index in [1.165, 1.54) is 5.56 Å². The van der Waals surface area contributed by atoms with Crippen molar-refractivity contribution in [3.63, 3.8) is 0 Å². The largest absolute Gasteiger partial charge is 0.490 e. The minimum Gasteiger partial charge on any atom is -0.490 e. The summed E-state index contributed by atoms with van der Waals surface area (Å²) in [6.07, 6.45) is 0.948. The second-order valence-corrected chi connectivity index (χ2v) is 5.12. The highest BCUT2D eigenvalue weighted by atomic mass is 16.5. The molecular weight excluding hydrogens is 240 g/mol. The van der Waals surface area contributed by atoms with Crippen LogP contribution in [0.2, 0.25) is 0 Å². The Kier molecular flexibility index (Phi) is 5.48. The summed E-state index contributed by atoms with van der Waals surface area (Å²) in [6.45, 7) is 8.60. The number of hydrogen-bond acceptors (Lipinski definition) is 4. The van der Waals surface area contributed by atoms with E-state index < -0.39 is 0 Å². The molecule has 0 bridgehead atoms. The molecule has 0 spiro atoms. The summed E-state index contributed by atoms with van der Waals surface area (Å²) < 4.78 is 11.3. The van der Waals surface area contributed by atoms with Gasteiger partial charge in [-0.25, -0.2) is 0 Å². The Bertz CT molecular complexity index is 394. The van der Waals surface area contributed by atoms with E-state index in [2.05, 4.69) is 36.6 Å². The molecule has 2 rings (SSSR count). The average molecular weight is 264 g/mol. The van der Waals surface area contributed by atoms with Gasteiger partial charge in [-0.05, 0) is 17.7 Å². The van der Waals surface area contributed by atoms with Crippen LogP contribution in [-0.4, -0.2) is 32.3 Å². The Morgan fingerprint density at radius 1 is 1.11 bits per heavy atom. The van der Waals surface area contributed by atoms with Gasteiger partial charge in [-0.1, -0.05) is 19.9 Å². The first-order valence-electron chi connectivity index (χ1n) is 7.08. The molecule has 1 aliphatic rings. The highest BCUT2D eigenvalue weighted by molar-refractivity contribution is 5.43. The van der Waals surface area contributed by atoms with Gasteiger partial charge in [-0.3, -0.25) is 0 Å². The van der Waals surface area contributed by atoms with Gasteiger partial charge in [-0.2, -0.15) is 0 Å². The van der Waals surface area contributed by atoms with Gasteiger partial charge in [0.05, 0.1) is 13.2 Å². The fourth-order valence-electron chi connectivity index (χ4n) is 2.00. The molecule has 19 heavy (non-hydrogen) atoms. The number of hydrogen-bond donors (Lipinski definition) is 2. The van der Waals surface area contributed by atoms with Gasteiger partial charge in [0, 0.05) is 32.1 Å². The molecule has 106 valence electrons. The van der Waals surface area contributed by atoms with E-state index in [1.54, 1.807) is 0 Å². The van der Waals surface area contributed by atoms with E-state index >= 15 is 0 Å². The standard InChI is InChI=1S/C15H24N2O2/c1-12(2)17-7-6-16-11-13-4-5-14-15(10-13)19-9-3-8-18-14/h4-5,10,12,16-17H,3,6-9,11H2,1-2H3. The number of benzene rings is 1. The quantitative estimate of drug-likeness (QED) is 0.771. The first-order valence-corrected chi connectivity index (χ1v) is 7.08. The van der Waals surface area contributed by atoms with Crippen molar-refractivity contribution in [1.82, 2.24) is 10.6 Å². The fraction of sp³-hybridized carbons (Fsp3) is 0.600. The van der Waals surface area contributed by atoms with Crippen molar-refractivity contribution in [2.75, 3.05) is 26.3 Å². The lowest BCUT2D eigenvalue weighted by atomic mass is 10.2. The van der Waals surface area contributed by atoms with Crippen LogP contribution in [0.25, 0.3) is 0 Å². The van der Waals surface area contributed by atoms with Crippen LogP contribution in [0.15, 0.2) is 18.2 Å². The SMILES string of the molecule is CC(C)NCCNCc1ccc2c(c1)OCCCO2. The number of ether oxygens (including phenoxy) is 2. The molecule has 4 nitrogen and oxygen atoms in total. The number of nitrogens with one attached hydrogen (secondary N) is 2. The molecule has 1 heterocycles. The van der Waals surface area contributed by atoms with E-state index in [9.17, 15) is 0 Å². The van der Waals surface area contributed by atoms with E-state index in [4.69, 9.17) is 9.47 Å². The highest BCUT2D eigenvalue weighted by Crippen LogP contribution is 2.30. The molecule has 0 saturated heterocycles. The maximum Gasteiger partial charge on any atom is 0.161 e. The Balaban J connectivity index is 1.79. The van der Waals surface area contributed by atoms with Crippen LogP contribution in [0.5, 0.6) is 11.5 Å². The zero-order valence-corrected chi connectivity index (χ0v) is 11.9. The summed E-state index contributed by atoms with van der Waals surface area (Å²) in [5.74, 6) is 1.74. The molecule has 1 aromatic rings. The van der Waals surface area contributed by atoms with Gasteiger partial charge in [-0.15, -0.1) is 0 Å². The molecule has 0 atom stereocenters. The molecule has 4 heteroatoms. The van der Waals surface area contributed by atoms with Crippen molar-refractivity contribution in [1.29, 1.82) is 0 Å². The van der Waals surface area contributed by atoms with E-state index in [0.717, 1.165) is 50.8 Å². The van der Waals surface area contributed by atoms with Crippen molar-refractivity contribution < 1.29 is 9.47 Å². The van der Waals surface area contributed by atoms with Crippen LogP contribution in [0.4, 0.5) is 0 Å². The van der Waals surface area contributed by atoms with Crippen LogP contribution < -0.4 is 20.1 Å². The molecule has 0 saturated carbocycles. The Labute approximate surface area is 115 Å². The summed E-state index contributed by atoms with van der Waals surface area (Å²) in [5.41, 5.74) is 1.23. The zero-order chi connectivity index (χ0) is 13.5. The van der Waals surface area contributed by atoms with Gasteiger partial charge in [0.15, 0.2) is 11.5 Å². The first-order chi connectivity index (χ1) is 9.25. The Morgan fingerprint density at radius 3 is 2.68 bits per heavy atom. The molecule has 2 N–H and O–H groups in total. The predicted molar refractivity (Wildman–Crippen MR) is 76.9 cm³/mol. The van der Waals surface area contributed by atoms with Crippen LogP contribution in [0.1, 0.15) is 25.8 Å². The molecule has 0 aromatic heterocycles. The number of rotatable bonds is 6. The van der Waals surface area contributed by atoms with Gasteiger partial charge < -0.3 is 20.1 Å². The van der Waals surface area contributed by atoms with E-state index in [1.807, 2.05) is 6.07 Å². The van der Waals surface area contributed by atoms with Crippen molar-refractivity contribution >= 4 is 0 Å². The summed E-state index contributed by atoms with van der Waals surface area (Å²) in [4.78, 5) is 0. The highest BCUT2D eigenvalue weighted by Gasteiger charge is 2.10. The average Bonchev–Trinajstić information content (AvgIpc) is 2.62. The molecule has 0 amide bonds. The molecule has 0 radical (unpaired) electrons. The molecule has 1 aromatic carbocycles. The zero-order valence-electron chi connectivity index (χ0n) is 11.9. The van der Waals surface area contributed by atoms with Crippen molar-refractivity contribution in [2.24, 2.45) is 0 Å². The third-order valence-electron chi connectivity index (χ3n) is 3.00. The van der Waals surface area contributed by atoms with Crippen LogP contribution >= 0.6 is 0 Å². The Hall–Kier alpha value is -1.26. The van der Waals surface area contributed by atoms with Gasteiger partial charge >= 0.3 is 0 Å². The molecule has 0 aliphatic carbocycles. The summed E-state index contributed by atoms with van der Waals surface area (Å²) in [7, 11) is 0. The van der Waals surface area contributed by atoms with Crippen LogP contribution in [-0.2, 0) is 6.54 Å². The van der Waals surface area contributed by atoms with E-state index in [0.29, 0.717) is 6.04 Å². The van der Waals surface area contributed by atoms with Gasteiger partial charge in [0.2, 0.25) is 0 Å². The normalized spacial score (nSPS) is 14.5. The van der Waals surface area contributed by atoms with E-state index in [-0.39, 0.29) is 0 Å². The second-order valence-electron chi connectivity index (χ2n) is 5.12. The van der Waals surface area contributed by atoms with Gasteiger partial charge in [0.1, 0.15) is 0 Å². The van der Waals surface area contributed by atoms with Crippen LogP contribution in [0, 0.1) is 0 Å². The van der Waals surface area contributed by atoms with Crippen molar-refractivity contribution in [3.05, 3.63) is 23.8 Å². The summed E-state index contributed by atoms with van der Waals surface area (Å²) >= 11 is 0. The second kappa shape index (κ2) is 7.36. The third kappa shape index (κ3) is 4.73. The molecular formula is C15H24N2O2. The maximum atomic E-state index is 5.68. The first kappa shape index (κ1) is 14.2. The lowest BCUT2D eigenvalue weighted by Crippen LogP contribution is -2.31. The molecule has 0 fully saturated rings. The summed E-state index contributed by atoms with van der Waals surface area (Å²) in [5, 5.41) is 6.80. The topological polar surface area (TPSA) is 42.5 Å². The summed E-state index contributed by atoms with van der Waals surface area (Å²) in [6, 6.07) is 6.71. The Morgan fingerprint density at radius 2 is 1.89 bits per heavy atom. The monoisotopic (exact) mass is 264 g/mol. The fourth-order valence-corrected chi connectivity index (χ4v) is 2.00. The lowest BCUT2D eigenvalue weighted by molar-refractivity contribution is 0.297. The minimum atomic E-state index is 0.542. The minimum absolute atomic E-state index is 0.542. The van der Waals surface area contributed by atoms with Crippen molar-refractivity contribution in [2.45, 2.75) is 32.9 Å².